The third-order valence-electron chi connectivity index (χ3n) is 3.49. The summed E-state index contributed by atoms with van der Waals surface area (Å²) in [5.41, 5.74) is 2.16. The molecule has 1 N–H and O–H groups in total. The smallest absolute Gasteiger partial charge is 0.259 e. The zero-order valence-electron chi connectivity index (χ0n) is 12.5. The first-order valence-electron chi connectivity index (χ1n) is 7.12. The lowest BCUT2D eigenvalue weighted by atomic mass is 10.2. The lowest BCUT2D eigenvalue weighted by Gasteiger charge is -2.11. The van der Waals surface area contributed by atoms with Crippen LogP contribution >= 0.6 is 11.6 Å². The average molecular weight is 327 g/mol. The molecule has 3 aromatic rings. The van der Waals surface area contributed by atoms with Crippen LogP contribution in [0.25, 0.3) is 0 Å². The van der Waals surface area contributed by atoms with Crippen molar-refractivity contribution in [3.63, 3.8) is 0 Å². The zero-order valence-corrected chi connectivity index (χ0v) is 13.3. The fourth-order valence-corrected chi connectivity index (χ4v) is 2.46. The number of amides is 1. The number of pyridine rings is 1. The van der Waals surface area contributed by atoms with Crippen molar-refractivity contribution >= 4 is 23.5 Å². The van der Waals surface area contributed by atoms with Gasteiger partial charge >= 0.3 is 0 Å². The number of nitrogens with one attached hydrogen (secondary N) is 1. The second kappa shape index (κ2) is 6.62. The molecular weight excluding hydrogens is 312 g/mol. The van der Waals surface area contributed by atoms with E-state index in [4.69, 9.17) is 11.6 Å². The molecule has 0 saturated carbocycles. The molecule has 0 fully saturated rings. The van der Waals surface area contributed by atoms with Crippen LogP contribution in [0.2, 0.25) is 5.02 Å². The minimum Gasteiger partial charge on any atom is -0.313 e. The molecule has 0 aliphatic carbocycles. The molecule has 5 nitrogen and oxygen atoms in total. The number of halogens is 1. The van der Waals surface area contributed by atoms with Crippen molar-refractivity contribution in [2.75, 3.05) is 5.32 Å². The van der Waals surface area contributed by atoms with Crippen LogP contribution in [-0.2, 0) is 6.54 Å². The highest BCUT2D eigenvalue weighted by Crippen LogP contribution is 2.18. The van der Waals surface area contributed by atoms with Crippen molar-refractivity contribution in [1.29, 1.82) is 0 Å². The van der Waals surface area contributed by atoms with Gasteiger partial charge in [-0.25, -0.2) is 4.98 Å². The number of nitrogens with zero attached hydrogens (tertiary/aromatic N) is 3. The number of aryl methyl sites for hydroxylation is 1. The highest BCUT2D eigenvalue weighted by Gasteiger charge is 2.13. The molecule has 3 rings (SSSR count). The maximum Gasteiger partial charge on any atom is 0.259 e. The maximum absolute atomic E-state index is 12.4. The van der Waals surface area contributed by atoms with Crippen LogP contribution in [0.3, 0.4) is 0 Å². The first-order chi connectivity index (χ1) is 11.1. The maximum atomic E-state index is 12.4. The number of carbonyl (C=O) groups excluding carboxylic acids is 1. The Bertz CT molecular complexity index is 844. The largest absolute Gasteiger partial charge is 0.313 e. The molecule has 1 amide bonds. The number of hydrogen-bond donors (Lipinski definition) is 1. The van der Waals surface area contributed by atoms with Gasteiger partial charge < -0.3 is 4.57 Å². The van der Waals surface area contributed by atoms with E-state index in [9.17, 15) is 4.79 Å². The third-order valence-corrected chi connectivity index (χ3v) is 3.86. The molecule has 2 heterocycles. The molecule has 0 spiro atoms. The summed E-state index contributed by atoms with van der Waals surface area (Å²) >= 11 is 6.19. The number of rotatable bonds is 4. The van der Waals surface area contributed by atoms with Crippen LogP contribution in [0.15, 0.2) is 55.0 Å². The van der Waals surface area contributed by atoms with Crippen molar-refractivity contribution < 1.29 is 4.79 Å². The van der Waals surface area contributed by atoms with Gasteiger partial charge in [0.2, 0.25) is 5.95 Å². The van der Waals surface area contributed by atoms with Crippen LogP contribution in [0.1, 0.15) is 21.6 Å². The number of imidazole rings is 1. The summed E-state index contributed by atoms with van der Waals surface area (Å²) in [7, 11) is 0. The van der Waals surface area contributed by atoms with Gasteiger partial charge in [-0.15, -0.1) is 0 Å². The van der Waals surface area contributed by atoms with E-state index in [0.717, 1.165) is 5.56 Å². The van der Waals surface area contributed by atoms with Gasteiger partial charge in [-0.2, -0.15) is 0 Å². The molecule has 0 aliphatic heterocycles. The number of carbonyl (C=O) groups is 1. The molecule has 0 saturated heterocycles. The van der Waals surface area contributed by atoms with E-state index in [0.29, 0.717) is 28.8 Å². The Balaban J connectivity index is 1.80. The summed E-state index contributed by atoms with van der Waals surface area (Å²) in [5, 5.41) is 3.50. The van der Waals surface area contributed by atoms with Crippen LogP contribution < -0.4 is 5.32 Å². The van der Waals surface area contributed by atoms with Gasteiger partial charge in [-0.1, -0.05) is 29.8 Å². The highest BCUT2D eigenvalue weighted by atomic mass is 35.5. The quantitative estimate of drug-likeness (QED) is 0.797. The van der Waals surface area contributed by atoms with Crippen molar-refractivity contribution in [2.24, 2.45) is 0 Å². The monoisotopic (exact) mass is 326 g/mol. The third kappa shape index (κ3) is 3.40. The van der Waals surface area contributed by atoms with Gasteiger partial charge in [0.05, 0.1) is 12.1 Å². The average Bonchev–Trinajstić information content (AvgIpc) is 2.97. The summed E-state index contributed by atoms with van der Waals surface area (Å²) in [6, 6.07) is 11.1. The van der Waals surface area contributed by atoms with E-state index < -0.39 is 0 Å². The van der Waals surface area contributed by atoms with Crippen LogP contribution in [0.5, 0.6) is 0 Å². The Kier molecular flexibility index (Phi) is 4.39. The van der Waals surface area contributed by atoms with E-state index >= 15 is 0 Å². The highest BCUT2D eigenvalue weighted by molar-refractivity contribution is 6.31. The molecule has 2 aromatic heterocycles. The van der Waals surface area contributed by atoms with E-state index in [2.05, 4.69) is 15.3 Å². The SMILES string of the molecule is Cc1ncccc1C(=O)Nc1nccn1Cc1ccccc1Cl. The first kappa shape index (κ1) is 15.2. The first-order valence-corrected chi connectivity index (χ1v) is 7.50. The Morgan fingerprint density at radius 2 is 2.00 bits per heavy atom. The van der Waals surface area contributed by atoms with E-state index in [1.165, 1.54) is 0 Å². The lowest BCUT2D eigenvalue weighted by molar-refractivity contribution is 0.102. The van der Waals surface area contributed by atoms with Gasteiger partial charge in [-0.3, -0.25) is 15.1 Å². The molecule has 0 unspecified atom stereocenters. The Morgan fingerprint density at radius 1 is 1.17 bits per heavy atom. The van der Waals surface area contributed by atoms with E-state index in [1.54, 1.807) is 37.6 Å². The van der Waals surface area contributed by atoms with Crippen molar-refractivity contribution in [1.82, 2.24) is 14.5 Å². The molecule has 0 radical (unpaired) electrons. The van der Waals surface area contributed by atoms with Crippen LogP contribution in [0, 0.1) is 6.92 Å². The number of anilines is 1. The minimum absolute atomic E-state index is 0.234. The second-order valence-electron chi connectivity index (χ2n) is 5.06. The molecule has 0 atom stereocenters. The van der Waals surface area contributed by atoms with E-state index in [1.807, 2.05) is 28.8 Å². The van der Waals surface area contributed by atoms with Gasteiger partial charge in [-0.05, 0) is 30.7 Å². The predicted octanol–water partition coefficient (Wildman–Crippen LogP) is 3.54. The molecular formula is C17H15ClN4O. The summed E-state index contributed by atoms with van der Waals surface area (Å²) in [4.78, 5) is 20.7. The summed E-state index contributed by atoms with van der Waals surface area (Å²) in [6.07, 6.45) is 5.10. The van der Waals surface area contributed by atoms with Gasteiger partial charge in [0.25, 0.3) is 5.91 Å². The molecule has 116 valence electrons. The standard InChI is InChI=1S/C17H15ClN4O/c1-12-14(6-4-8-19-12)16(23)21-17-20-9-10-22(17)11-13-5-2-3-7-15(13)18/h2-10H,11H2,1H3,(H,20,21,23). The van der Waals surface area contributed by atoms with Crippen molar-refractivity contribution in [3.05, 3.63) is 76.8 Å². The van der Waals surface area contributed by atoms with Crippen molar-refractivity contribution in [3.8, 4) is 0 Å². The fraction of sp³-hybridized carbons (Fsp3) is 0.118. The molecule has 1 aromatic carbocycles. The second-order valence-corrected chi connectivity index (χ2v) is 5.47. The van der Waals surface area contributed by atoms with Gasteiger partial charge in [0.1, 0.15) is 0 Å². The normalized spacial score (nSPS) is 10.5. The Morgan fingerprint density at radius 3 is 2.78 bits per heavy atom. The predicted molar refractivity (Wildman–Crippen MR) is 89.7 cm³/mol. The Hall–Kier alpha value is -2.66. The summed E-state index contributed by atoms with van der Waals surface area (Å²) in [6.45, 7) is 2.33. The minimum atomic E-state index is -0.234. The number of benzene rings is 1. The van der Waals surface area contributed by atoms with Gasteiger partial charge in [0.15, 0.2) is 0 Å². The lowest BCUT2D eigenvalue weighted by Crippen LogP contribution is -2.17. The topological polar surface area (TPSA) is 59.8 Å². The summed E-state index contributed by atoms with van der Waals surface area (Å²) < 4.78 is 1.84. The summed E-state index contributed by atoms with van der Waals surface area (Å²) in [5.74, 6) is 0.236. The molecule has 0 aliphatic rings. The number of hydrogen-bond acceptors (Lipinski definition) is 3. The van der Waals surface area contributed by atoms with Crippen molar-refractivity contribution in [2.45, 2.75) is 13.5 Å². The molecule has 6 heteroatoms. The fourth-order valence-electron chi connectivity index (χ4n) is 2.26. The van der Waals surface area contributed by atoms with Crippen LogP contribution in [0.4, 0.5) is 5.95 Å². The Labute approximate surface area is 139 Å². The van der Waals surface area contributed by atoms with Crippen LogP contribution in [-0.4, -0.2) is 20.4 Å². The molecule has 0 bridgehead atoms. The van der Waals surface area contributed by atoms with E-state index in [-0.39, 0.29) is 5.91 Å². The number of aromatic nitrogens is 3. The van der Waals surface area contributed by atoms with Gasteiger partial charge in [0, 0.05) is 29.3 Å². The molecule has 23 heavy (non-hydrogen) atoms. The zero-order chi connectivity index (χ0) is 16.2.